The van der Waals surface area contributed by atoms with Crippen LogP contribution in [0.25, 0.3) is 0 Å². The zero-order valence-electron chi connectivity index (χ0n) is 12.0. The van der Waals surface area contributed by atoms with Crippen molar-refractivity contribution in [1.29, 1.82) is 5.26 Å². The predicted octanol–water partition coefficient (Wildman–Crippen LogP) is 3.06. The minimum absolute atomic E-state index is 0.481. The molecule has 1 aliphatic carbocycles. The van der Waals surface area contributed by atoms with Crippen LogP contribution in [0, 0.1) is 11.3 Å². The first-order chi connectivity index (χ1) is 9.67. The number of aliphatic hydroxyl groups is 1. The van der Waals surface area contributed by atoms with Gasteiger partial charge in [-0.15, -0.1) is 0 Å². The molecule has 1 aliphatic rings. The molecule has 108 valence electrons. The molecule has 1 aromatic carbocycles. The molecule has 2 rings (SSSR count). The molecule has 0 aromatic heterocycles. The third-order valence-corrected chi connectivity index (χ3v) is 3.99. The van der Waals surface area contributed by atoms with E-state index in [1.54, 1.807) is 25.3 Å². The largest absolute Gasteiger partial charge is 0.497 e. The minimum atomic E-state index is -0.660. The first kappa shape index (κ1) is 14.7. The number of hydrogen-bond donors (Lipinski definition) is 2. The molecule has 1 fully saturated rings. The van der Waals surface area contributed by atoms with Gasteiger partial charge in [-0.05, 0) is 25.0 Å². The Balaban J connectivity index is 2.07. The summed E-state index contributed by atoms with van der Waals surface area (Å²) < 4.78 is 5.18. The maximum absolute atomic E-state index is 10.6. The molecular weight excluding hydrogens is 252 g/mol. The summed E-state index contributed by atoms with van der Waals surface area (Å²) in [6.07, 6.45) is 6.19. The molecule has 0 radical (unpaired) electrons. The lowest BCUT2D eigenvalue weighted by atomic mass is 9.94. The van der Waals surface area contributed by atoms with E-state index >= 15 is 0 Å². The van der Waals surface area contributed by atoms with E-state index in [2.05, 4.69) is 11.4 Å². The van der Waals surface area contributed by atoms with Crippen molar-refractivity contribution in [2.75, 3.05) is 19.0 Å². The van der Waals surface area contributed by atoms with Gasteiger partial charge in [-0.1, -0.05) is 25.7 Å². The highest BCUT2D eigenvalue weighted by atomic mass is 16.5. The summed E-state index contributed by atoms with van der Waals surface area (Å²) in [6, 6.07) is 7.47. The van der Waals surface area contributed by atoms with Crippen molar-refractivity contribution in [2.45, 2.75) is 44.1 Å². The minimum Gasteiger partial charge on any atom is -0.497 e. The molecule has 2 N–H and O–H groups in total. The Kier molecular flexibility index (Phi) is 4.86. The first-order valence-corrected chi connectivity index (χ1v) is 7.21. The number of nitrogens with one attached hydrogen (secondary N) is 1. The lowest BCUT2D eigenvalue weighted by Crippen LogP contribution is -2.36. The number of anilines is 1. The summed E-state index contributed by atoms with van der Waals surface area (Å²) in [4.78, 5) is 0. The summed E-state index contributed by atoms with van der Waals surface area (Å²) >= 11 is 0. The van der Waals surface area contributed by atoms with Crippen molar-refractivity contribution in [1.82, 2.24) is 0 Å². The summed E-state index contributed by atoms with van der Waals surface area (Å²) in [5.74, 6) is 0.708. The maximum Gasteiger partial charge on any atom is 0.121 e. The molecule has 0 aliphatic heterocycles. The van der Waals surface area contributed by atoms with Crippen LogP contribution in [0.1, 0.15) is 44.1 Å². The molecule has 4 heteroatoms. The topological polar surface area (TPSA) is 65.3 Å². The SMILES string of the molecule is COc1ccc(C#N)c(NCC2(O)CCCCCC2)c1. The second-order valence-corrected chi connectivity index (χ2v) is 5.52. The van der Waals surface area contributed by atoms with Gasteiger partial charge in [0.2, 0.25) is 0 Å². The van der Waals surface area contributed by atoms with Crippen LogP contribution >= 0.6 is 0 Å². The number of nitriles is 1. The Hall–Kier alpha value is -1.73. The summed E-state index contributed by atoms with van der Waals surface area (Å²) in [6.45, 7) is 0.481. The fourth-order valence-corrected chi connectivity index (χ4v) is 2.72. The van der Waals surface area contributed by atoms with E-state index in [1.165, 1.54) is 12.8 Å². The average Bonchev–Trinajstić information content (AvgIpc) is 2.70. The lowest BCUT2D eigenvalue weighted by molar-refractivity contribution is 0.0381. The van der Waals surface area contributed by atoms with Crippen molar-refractivity contribution in [3.05, 3.63) is 23.8 Å². The van der Waals surface area contributed by atoms with Gasteiger partial charge in [-0.3, -0.25) is 0 Å². The fraction of sp³-hybridized carbons (Fsp3) is 0.562. The second-order valence-electron chi connectivity index (χ2n) is 5.52. The first-order valence-electron chi connectivity index (χ1n) is 7.21. The molecule has 1 saturated carbocycles. The van der Waals surface area contributed by atoms with Gasteiger partial charge in [0.25, 0.3) is 0 Å². The van der Waals surface area contributed by atoms with Crippen LogP contribution in [0.2, 0.25) is 0 Å². The maximum atomic E-state index is 10.6. The van der Waals surface area contributed by atoms with Crippen LogP contribution in [-0.4, -0.2) is 24.4 Å². The van der Waals surface area contributed by atoms with E-state index in [-0.39, 0.29) is 0 Å². The number of hydrogen-bond acceptors (Lipinski definition) is 4. The number of nitrogens with zero attached hydrogens (tertiary/aromatic N) is 1. The third kappa shape index (κ3) is 3.64. The Morgan fingerprint density at radius 3 is 2.60 bits per heavy atom. The zero-order valence-corrected chi connectivity index (χ0v) is 12.0. The van der Waals surface area contributed by atoms with Crippen LogP contribution in [0.15, 0.2) is 18.2 Å². The van der Waals surface area contributed by atoms with Crippen molar-refractivity contribution in [3.8, 4) is 11.8 Å². The molecule has 4 nitrogen and oxygen atoms in total. The second kappa shape index (κ2) is 6.62. The van der Waals surface area contributed by atoms with Gasteiger partial charge in [-0.25, -0.2) is 0 Å². The van der Waals surface area contributed by atoms with Gasteiger partial charge in [0, 0.05) is 12.6 Å². The Morgan fingerprint density at radius 2 is 2.00 bits per heavy atom. The van der Waals surface area contributed by atoms with Crippen molar-refractivity contribution >= 4 is 5.69 Å². The van der Waals surface area contributed by atoms with Crippen LogP contribution in [0.5, 0.6) is 5.75 Å². The molecule has 0 amide bonds. The zero-order chi connectivity index (χ0) is 14.4. The number of methoxy groups -OCH3 is 1. The van der Waals surface area contributed by atoms with Gasteiger partial charge in [-0.2, -0.15) is 5.26 Å². The van der Waals surface area contributed by atoms with Crippen LogP contribution in [0.3, 0.4) is 0 Å². The van der Waals surface area contributed by atoms with Crippen LogP contribution in [-0.2, 0) is 0 Å². The number of ether oxygens (including phenoxy) is 1. The highest BCUT2D eigenvalue weighted by Crippen LogP contribution is 2.28. The fourth-order valence-electron chi connectivity index (χ4n) is 2.72. The number of rotatable bonds is 4. The molecule has 1 aromatic rings. The lowest BCUT2D eigenvalue weighted by Gasteiger charge is -2.27. The summed E-state index contributed by atoms with van der Waals surface area (Å²) in [5.41, 5.74) is 0.638. The van der Waals surface area contributed by atoms with E-state index in [0.717, 1.165) is 31.4 Å². The van der Waals surface area contributed by atoms with Gasteiger partial charge >= 0.3 is 0 Å². The standard InChI is InChI=1S/C16H22N2O2/c1-20-14-7-6-13(11-17)15(10-14)18-12-16(19)8-4-2-3-5-9-16/h6-7,10,18-19H,2-5,8-9,12H2,1H3. The molecule has 0 heterocycles. The summed E-state index contributed by atoms with van der Waals surface area (Å²) in [7, 11) is 1.60. The monoisotopic (exact) mass is 274 g/mol. The Labute approximate surface area is 120 Å². The molecule has 0 bridgehead atoms. The predicted molar refractivity (Wildman–Crippen MR) is 78.9 cm³/mol. The summed E-state index contributed by atoms with van der Waals surface area (Å²) in [5, 5.41) is 23.0. The normalized spacial score (nSPS) is 17.9. The van der Waals surface area contributed by atoms with Crippen molar-refractivity contribution in [3.63, 3.8) is 0 Å². The smallest absolute Gasteiger partial charge is 0.121 e. The van der Waals surface area contributed by atoms with Crippen LogP contribution in [0.4, 0.5) is 5.69 Å². The van der Waals surface area contributed by atoms with E-state index in [1.807, 2.05) is 0 Å². The van der Waals surface area contributed by atoms with Crippen molar-refractivity contribution in [2.24, 2.45) is 0 Å². The van der Waals surface area contributed by atoms with Gasteiger partial charge in [0.05, 0.1) is 24.0 Å². The Bertz CT molecular complexity index is 486. The van der Waals surface area contributed by atoms with Gasteiger partial charge in [0.15, 0.2) is 0 Å². The van der Waals surface area contributed by atoms with E-state index in [4.69, 9.17) is 10.00 Å². The highest BCUT2D eigenvalue weighted by molar-refractivity contribution is 5.60. The molecule has 0 unspecified atom stereocenters. The molecule has 0 spiro atoms. The molecule has 0 atom stereocenters. The number of benzene rings is 1. The Morgan fingerprint density at radius 1 is 1.30 bits per heavy atom. The van der Waals surface area contributed by atoms with Crippen LogP contribution < -0.4 is 10.1 Å². The highest BCUT2D eigenvalue weighted by Gasteiger charge is 2.27. The quantitative estimate of drug-likeness (QED) is 0.828. The average molecular weight is 274 g/mol. The molecular formula is C16H22N2O2. The van der Waals surface area contributed by atoms with Gasteiger partial charge < -0.3 is 15.2 Å². The van der Waals surface area contributed by atoms with Crippen molar-refractivity contribution < 1.29 is 9.84 Å². The molecule has 20 heavy (non-hydrogen) atoms. The van der Waals surface area contributed by atoms with Gasteiger partial charge in [0.1, 0.15) is 11.8 Å². The van der Waals surface area contributed by atoms with E-state index in [9.17, 15) is 5.11 Å². The third-order valence-electron chi connectivity index (χ3n) is 3.99. The van der Waals surface area contributed by atoms with E-state index < -0.39 is 5.60 Å². The van der Waals surface area contributed by atoms with E-state index in [0.29, 0.717) is 17.9 Å². The molecule has 0 saturated heterocycles.